The Kier molecular flexibility index (Phi) is 6.69. The molecule has 22 heavy (non-hydrogen) atoms. The van der Waals surface area contributed by atoms with Gasteiger partial charge in [0.25, 0.3) is 0 Å². The van der Waals surface area contributed by atoms with Crippen molar-refractivity contribution in [3.63, 3.8) is 0 Å². The summed E-state index contributed by atoms with van der Waals surface area (Å²) in [5, 5.41) is 16.5. The third-order valence-corrected chi connectivity index (χ3v) is 4.63. The minimum absolute atomic E-state index is 0.00547. The van der Waals surface area contributed by atoms with Crippen molar-refractivity contribution in [2.75, 3.05) is 7.05 Å². The highest BCUT2D eigenvalue weighted by Crippen LogP contribution is 2.30. The summed E-state index contributed by atoms with van der Waals surface area (Å²) >= 11 is 0. The van der Waals surface area contributed by atoms with Crippen LogP contribution in [0.4, 0.5) is 0 Å². The van der Waals surface area contributed by atoms with Gasteiger partial charge < -0.3 is 15.7 Å². The maximum atomic E-state index is 12.6. The predicted molar refractivity (Wildman–Crippen MR) is 93.8 cm³/mol. The zero-order chi connectivity index (χ0) is 18.0. The van der Waals surface area contributed by atoms with E-state index >= 15 is 0 Å². The largest absolute Gasteiger partial charge is 0.390 e. The zero-order valence-electron chi connectivity index (χ0n) is 16.3. The highest BCUT2D eigenvalue weighted by Gasteiger charge is 2.37. The molecule has 4 nitrogen and oxygen atoms in total. The van der Waals surface area contributed by atoms with Gasteiger partial charge in [-0.3, -0.25) is 4.79 Å². The summed E-state index contributed by atoms with van der Waals surface area (Å²) in [5.41, 5.74) is -1.73. The van der Waals surface area contributed by atoms with E-state index in [1.165, 1.54) is 0 Å². The Morgan fingerprint density at radius 2 is 1.50 bits per heavy atom. The van der Waals surface area contributed by atoms with Crippen LogP contribution in [0.25, 0.3) is 0 Å². The van der Waals surface area contributed by atoms with Gasteiger partial charge >= 0.3 is 0 Å². The van der Waals surface area contributed by atoms with Crippen molar-refractivity contribution in [3.05, 3.63) is 0 Å². The Morgan fingerprint density at radius 1 is 1.05 bits per heavy atom. The average molecular weight is 315 g/mol. The van der Waals surface area contributed by atoms with Crippen LogP contribution in [0.1, 0.15) is 75.2 Å². The summed E-state index contributed by atoms with van der Waals surface area (Å²) in [6.07, 6.45) is 1.31. The van der Waals surface area contributed by atoms with E-state index in [0.29, 0.717) is 12.3 Å². The number of aliphatic hydroxyl groups is 1. The molecule has 4 heteroatoms. The Balaban J connectivity index is 4.87. The summed E-state index contributed by atoms with van der Waals surface area (Å²) in [7, 11) is 1.97. The first-order valence-corrected chi connectivity index (χ1v) is 8.26. The van der Waals surface area contributed by atoms with Crippen LogP contribution in [0.3, 0.4) is 0 Å². The topological polar surface area (TPSA) is 61.4 Å². The molecule has 0 fully saturated rings. The van der Waals surface area contributed by atoms with Gasteiger partial charge in [0.1, 0.15) is 0 Å². The lowest BCUT2D eigenvalue weighted by atomic mass is 9.78. The Bertz CT molecular complexity index is 379. The molecule has 0 bridgehead atoms. The Morgan fingerprint density at radius 3 is 1.86 bits per heavy atom. The average Bonchev–Trinajstić information content (AvgIpc) is 2.24. The van der Waals surface area contributed by atoms with E-state index in [-0.39, 0.29) is 17.0 Å². The first-order valence-electron chi connectivity index (χ1n) is 8.26. The van der Waals surface area contributed by atoms with Crippen molar-refractivity contribution >= 4 is 5.91 Å². The summed E-state index contributed by atoms with van der Waals surface area (Å²) in [6, 6.07) is 0. The van der Waals surface area contributed by atoms with Crippen molar-refractivity contribution in [1.82, 2.24) is 10.6 Å². The second kappa shape index (κ2) is 6.88. The summed E-state index contributed by atoms with van der Waals surface area (Å²) < 4.78 is 0. The maximum absolute atomic E-state index is 12.6. The van der Waals surface area contributed by atoms with Crippen LogP contribution in [-0.4, -0.2) is 34.7 Å². The van der Waals surface area contributed by atoms with Crippen molar-refractivity contribution in [2.24, 2.45) is 11.3 Å². The molecule has 0 radical (unpaired) electrons. The van der Waals surface area contributed by atoms with Gasteiger partial charge in [-0.1, -0.05) is 20.8 Å². The molecule has 1 amide bonds. The second-order valence-corrected chi connectivity index (χ2v) is 9.29. The molecule has 0 aliphatic rings. The standard InChI is InChI=1S/C18H38N2O2/c1-13(18(8,9)19-10)11-16(4,5)20-14(21)15(2,3)12-17(6,7)22/h13,19,22H,11-12H2,1-10H3,(H,20,21). The Hall–Kier alpha value is -0.610. The van der Waals surface area contributed by atoms with Crippen LogP contribution in [0.2, 0.25) is 0 Å². The quantitative estimate of drug-likeness (QED) is 0.645. The number of rotatable bonds is 8. The molecule has 132 valence electrons. The minimum Gasteiger partial charge on any atom is -0.390 e. The summed E-state index contributed by atoms with van der Waals surface area (Å²) in [5.74, 6) is 0.402. The van der Waals surface area contributed by atoms with E-state index in [1.54, 1.807) is 13.8 Å². The fraction of sp³-hybridized carbons (Fsp3) is 0.944. The number of nitrogens with one attached hydrogen (secondary N) is 2. The number of carbonyl (C=O) groups excluding carboxylic acids is 1. The molecular formula is C18H38N2O2. The van der Waals surface area contributed by atoms with E-state index in [4.69, 9.17) is 0 Å². The Labute approximate surface area is 137 Å². The van der Waals surface area contributed by atoms with Gasteiger partial charge in [-0.25, -0.2) is 0 Å². The van der Waals surface area contributed by atoms with Gasteiger partial charge in [-0.2, -0.15) is 0 Å². The minimum atomic E-state index is -0.855. The first-order chi connectivity index (χ1) is 9.52. The summed E-state index contributed by atoms with van der Waals surface area (Å²) in [4.78, 5) is 12.6. The lowest BCUT2D eigenvalue weighted by Crippen LogP contribution is -2.53. The van der Waals surface area contributed by atoms with E-state index < -0.39 is 11.0 Å². The van der Waals surface area contributed by atoms with Crippen molar-refractivity contribution in [2.45, 2.75) is 91.8 Å². The van der Waals surface area contributed by atoms with Gasteiger partial charge in [-0.05, 0) is 67.3 Å². The monoisotopic (exact) mass is 314 g/mol. The molecule has 0 aromatic carbocycles. The normalized spacial score (nSPS) is 15.6. The number of carbonyl (C=O) groups is 1. The highest BCUT2D eigenvalue weighted by atomic mass is 16.3. The van der Waals surface area contributed by atoms with Gasteiger partial charge in [0.15, 0.2) is 0 Å². The van der Waals surface area contributed by atoms with Crippen LogP contribution in [0.5, 0.6) is 0 Å². The lowest BCUT2D eigenvalue weighted by Gasteiger charge is -2.39. The van der Waals surface area contributed by atoms with E-state index in [1.807, 2.05) is 20.9 Å². The fourth-order valence-corrected chi connectivity index (χ4v) is 2.96. The fourth-order valence-electron chi connectivity index (χ4n) is 2.96. The summed E-state index contributed by atoms with van der Waals surface area (Å²) in [6.45, 7) is 17.9. The van der Waals surface area contributed by atoms with Gasteiger partial charge in [0.2, 0.25) is 5.91 Å². The third kappa shape index (κ3) is 7.10. The molecule has 0 rings (SSSR count). The molecule has 0 aromatic heterocycles. The lowest BCUT2D eigenvalue weighted by molar-refractivity contribution is -0.134. The molecule has 1 atom stereocenters. The molecule has 0 heterocycles. The van der Waals surface area contributed by atoms with Gasteiger partial charge in [0, 0.05) is 16.5 Å². The van der Waals surface area contributed by atoms with Crippen LogP contribution >= 0.6 is 0 Å². The number of hydrogen-bond acceptors (Lipinski definition) is 3. The first kappa shape index (κ1) is 21.4. The predicted octanol–water partition coefficient (Wildman–Crippen LogP) is 3.09. The molecule has 0 aliphatic carbocycles. The van der Waals surface area contributed by atoms with E-state index in [9.17, 15) is 9.90 Å². The molecule has 0 saturated heterocycles. The van der Waals surface area contributed by atoms with Crippen molar-refractivity contribution < 1.29 is 9.90 Å². The molecule has 0 aromatic rings. The van der Waals surface area contributed by atoms with Crippen molar-refractivity contribution in [3.8, 4) is 0 Å². The third-order valence-electron chi connectivity index (χ3n) is 4.63. The van der Waals surface area contributed by atoms with Crippen LogP contribution in [0.15, 0.2) is 0 Å². The second-order valence-electron chi connectivity index (χ2n) is 9.29. The van der Waals surface area contributed by atoms with E-state index in [2.05, 4.69) is 45.3 Å². The smallest absolute Gasteiger partial charge is 0.226 e. The number of amides is 1. The molecule has 0 spiro atoms. The van der Waals surface area contributed by atoms with E-state index in [0.717, 1.165) is 6.42 Å². The molecule has 0 aliphatic heterocycles. The zero-order valence-corrected chi connectivity index (χ0v) is 16.3. The molecule has 1 unspecified atom stereocenters. The highest BCUT2D eigenvalue weighted by molar-refractivity contribution is 5.82. The van der Waals surface area contributed by atoms with Crippen LogP contribution < -0.4 is 10.6 Å². The van der Waals surface area contributed by atoms with Gasteiger partial charge in [-0.15, -0.1) is 0 Å². The molecule has 0 saturated carbocycles. The van der Waals surface area contributed by atoms with Crippen LogP contribution in [0, 0.1) is 11.3 Å². The van der Waals surface area contributed by atoms with Crippen molar-refractivity contribution in [1.29, 1.82) is 0 Å². The molecule has 3 N–H and O–H groups in total. The van der Waals surface area contributed by atoms with Crippen LogP contribution in [-0.2, 0) is 4.79 Å². The SMILES string of the molecule is CNC(C)(C)C(C)CC(C)(C)NC(=O)C(C)(C)CC(C)(C)O. The van der Waals surface area contributed by atoms with Gasteiger partial charge in [0.05, 0.1) is 5.60 Å². The molecular weight excluding hydrogens is 276 g/mol. The maximum Gasteiger partial charge on any atom is 0.226 e. The number of hydrogen-bond donors (Lipinski definition) is 3.